The number of aryl methyl sites for hydroxylation is 1. The zero-order chi connectivity index (χ0) is 29.1. The van der Waals surface area contributed by atoms with Gasteiger partial charge < -0.3 is 14.5 Å². The van der Waals surface area contributed by atoms with E-state index in [1.165, 1.54) is 19.4 Å². The normalized spacial score (nSPS) is 11.1. The molecular weight excluding hydrogens is 629 g/mol. The van der Waals surface area contributed by atoms with E-state index in [2.05, 4.69) is 31.4 Å². The lowest BCUT2D eigenvalue weighted by molar-refractivity contribution is 0.0730. The average Bonchev–Trinajstić information content (AvgIpc) is 3.33. The van der Waals surface area contributed by atoms with E-state index in [1.54, 1.807) is 36.4 Å². The number of aromatic amines is 1. The third-order valence-electron chi connectivity index (χ3n) is 6.25. The molecule has 0 unspecified atom stereocenters. The molecular formula is C31H22BrCl2N3O4. The highest BCUT2D eigenvalue weighted by atomic mass is 79.9. The average molecular weight is 651 g/mol. The van der Waals surface area contributed by atoms with Crippen LogP contribution >= 0.6 is 39.1 Å². The van der Waals surface area contributed by atoms with Crippen molar-refractivity contribution in [1.29, 1.82) is 0 Å². The lowest BCUT2D eigenvalue weighted by Gasteiger charge is -2.11. The van der Waals surface area contributed by atoms with Gasteiger partial charge in [0.2, 0.25) is 0 Å². The standard InChI is InChI=1S/C31H22BrCl2N3O4/c1-17-7-10-25-22(13-17)28(21-5-3-4-6-24(21)34)29(36-25)30(38)37-35-16-18-14-19(32)8-11-26(18)41-31(39)23-15-20(33)9-12-27(23)40-2/h3-16,36H,1-2H3,(H,37,38). The van der Waals surface area contributed by atoms with E-state index < -0.39 is 11.9 Å². The molecule has 7 nitrogen and oxygen atoms in total. The molecule has 5 rings (SSSR count). The molecule has 0 atom stereocenters. The summed E-state index contributed by atoms with van der Waals surface area (Å²) in [6, 6.07) is 22.9. The van der Waals surface area contributed by atoms with Crippen LogP contribution in [0.3, 0.4) is 0 Å². The molecule has 0 spiro atoms. The monoisotopic (exact) mass is 649 g/mol. The quantitative estimate of drug-likeness (QED) is 0.0804. The van der Waals surface area contributed by atoms with Gasteiger partial charge in [-0.05, 0) is 61.5 Å². The summed E-state index contributed by atoms with van der Waals surface area (Å²) in [6.07, 6.45) is 1.39. The fourth-order valence-corrected chi connectivity index (χ4v) is 5.12. The Bertz CT molecular complexity index is 1830. The van der Waals surface area contributed by atoms with Crippen molar-refractivity contribution in [3.63, 3.8) is 0 Å². The van der Waals surface area contributed by atoms with Crippen LogP contribution in [-0.2, 0) is 0 Å². The fourth-order valence-electron chi connectivity index (χ4n) is 4.34. The minimum Gasteiger partial charge on any atom is -0.496 e. The Morgan fingerprint density at radius 3 is 2.54 bits per heavy atom. The number of amides is 1. The molecule has 41 heavy (non-hydrogen) atoms. The van der Waals surface area contributed by atoms with Gasteiger partial charge in [0.1, 0.15) is 22.8 Å². The van der Waals surface area contributed by atoms with E-state index in [0.29, 0.717) is 32.6 Å². The van der Waals surface area contributed by atoms with Crippen molar-refractivity contribution in [3.05, 3.63) is 116 Å². The van der Waals surface area contributed by atoms with Gasteiger partial charge in [-0.3, -0.25) is 4.79 Å². The first-order valence-corrected chi connectivity index (χ1v) is 13.9. The number of nitrogens with zero attached hydrogens (tertiary/aromatic N) is 1. The van der Waals surface area contributed by atoms with Gasteiger partial charge in [-0.15, -0.1) is 0 Å². The predicted molar refractivity (Wildman–Crippen MR) is 166 cm³/mol. The number of ether oxygens (including phenoxy) is 2. The maximum absolute atomic E-state index is 13.4. The van der Waals surface area contributed by atoms with E-state index in [0.717, 1.165) is 26.5 Å². The Hall–Kier alpha value is -4.11. The summed E-state index contributed by atoms with van der Waals surface area (Å²) in [7, 11) is 1.45. The molecule has 0 saturated carbocycles. The second-order valence-electron chi connectivity index (χ2n) is 9.02. The first kappa shape index (κ1) is 28.4. The van der Waals surface area contributed by atoms with Crippen molar-refractivity contribution in [1.82, 2.24) is 10.4 Å². The van der Waals surface area contributed by atoms with Crippen LogP contribution in [0.1, 0.15) is 32.0 Å². The van der Waals surface area contributed by atoms with Crippen molar-refractivity contribution in [2.75, 3.05) is 7.11 Å². The number of hydrogen-bond donors (Lipinski definition) is 2. The van der Waals surface area contributed by atoms with Crippen LogP contribution in [0.25, 0.3) is 22.0 Å². The Balaban J connectivity index is 1.43. The maximum Gasteiger partial charge on any atom is 0.347 e. The number of benzene rings is 4. The molecule has 0 aliphatic rings. The smallest absolute Gasteiger partial charge is 0.347 e. The Morgan fingerprint density at radius 1 is 0.976 bits per heavy atom. The van der Waals surface area contributed by atoms with Crippen LogP contribution in [0.2, 0.25) is 10.0 Å². The summed E-state index contributed by atoms with van der Waals surface area (Å²) in [5.41, 5.74) is 6.72. The van der Waals surface area contributed by atoms with Crippen molar-refractivity contribution in [3.8, 4) is 22.6 Å². The highest BCUT2D eigenvalue weighted by Gasteiger charge is 2.21. The van der Waals surface area contributed by atoms with Crippen molar-refractivity contribution in [2.45, 2.75) is 6.92 Å². The molecule has 1 aromatic heterocycles. The number of carbonyl (C=O) groups is 2. The first-order valence-electron chi connectivity index (χ1n) is 12.3. The zero-order valence-corrected chi connectivity index (χ0v) is 24.9. The molecule has 0 aliphatic carbocycles. The third-order valence-corrected chi connectivity index (χ3v) is 7.31. The molecule has 0 radical (unpaired) electrons. The number of halogens is 3. The zero-order valence-electron chi connectivity index (χ0n) is 21.8. The molecule has 4 aromatic carbocycles. The van der Waals surface area contributed by atoms with E-state index in [9.17, 15) is 9.59 Å². The van der Waals surface area contributed by atoms with Crippen molar-refractivity contribution < 1.29 is 19.1 Å². The van der Waals surface area contributed by atoms with E-state index >= 15 is 0 Å². The van der Waals surface area contributed by atoms with Crippen LogP contribution < -0.4 is 14.9 Å². The van der Waals surface area contributed by atoms with Gasteiger partial charge in [0.25, 0.3) is 5.91 Å². The lowest BCUT2D eigenvalue weighted by Crippen LogP contribution is -2.19. The van der Waals surface area contributed by atoms with Gasteiger partial charge in [-0.1, -0.05) is 69.0 Å². The molecule has 10 heteroatoms. The van der Waals surface area contributed by atoms with Gasteiger partial charge in [0.15, 0.2) is 0 Å². The van der Waals surface area contributed by atoms with Crippen LogP contribution in [0.4, 0.5) is 0 Å². The Labute approximate surface area is 254 Å². The minimum atomic E-state index is -0.664. The van der Waals surface area contributed by atoms with Crippen LogP contribution in [0, 0.1) is 6.92 Å². The van der Waals surface area contributed by atoms with Crippen molar-refractivity contribution in [2.24, 2.45) is 5.10 Å². The summed E-state index contributed by atoms with van der Waals surface area (Å²) in [5, 5.41) is 5.90. The largest absolute Gasteiger partial charge is 0.496 e. The van der Waals surface area contributed by atoms with Crippen molar-refractivity contribution >= 4 is 68.1 Å². The summed E-state index contributed by atoms with van der Waals surface area (Å²) < 4.78 is 11.6. The molecule has 0 fully saturated rings. The number of methoxy groups -OCH3 is 1. The molecule has 0 bridgehead atoms. The molecule has 1 heterocycles. The number of esters is 1. The highest BCUT2D eigenvalue weighted by molar-refractivity contribution is 9.10. The van der Waals surface area contributed by atoms with Crippen LogP contribution in [-0.4, -0.2) is 30.2 Å². The number of hydrogen-bond acceptors (Lipinski definition) is 5. The second kappa shape index (κ2) is 12.2. The molecule has 206 valence electrons. The number of fused-ring (bicyclic) bond motifs is 1. The van der Waals surface area contributed by atoms with Gasteiger partial charge in [-0.25, -0.2) is 10.2 Å². The van der Waals surface area contributed by atoms with E-state index in [-0.39, 0.29) is 11.3 Å². The lowest BCUT2D eigenvalue weighted by atomic mass is 10.0. The summed E-state index contributed by atoms with van der Waals surface area (Å²) in [4.78, 5) is 29.6. The van der Waals surface area contributed by atoms with E-state index in [1.807, 2.05) is 43.3 Å². The van der Waals surface area contributed by atoms with Gasteiger partial charge >= 0.3 is 5.97 Å². The first-order chi connectivity index (χ1) is 19.7. The summed E-state index contributed by atoms with van der Waals surface area (Å²) in [6.45, 7) is 1.98. The predicted octanol–water partition coefficient (Wildman–Crippen LogP) is 8.20. The molecule has 1 amide bonds. The second-order valence-corrected chi connectivity index (χ2v) is 10.8. The van der Waals surface area contributed by atoms with Gasteiger partial charge in [0, 0.05) is 42.1 Å². The highest BCUT2D eigenvalue weighted by Crippen LogP contribution is 2.37. The van der Waals surface area contributed by atoms with Crippen LogP contribution in [0.5, 0.6) is 11.5 Å². The number of carbonyl (C=O) groups excluding carboxylic acids is 2. The number of rotatable bonds is 7. The maximum atomic E-state index is 13.4. The topological polar surface area (TPSA) is 92.8 Å². The van der Waals surface area contributed by atoms with Gasteiger partial charge in [-0.2, -0.15) is 5.10 Å². The van der Waals surface area contributed by atoms with E-state index in [4.69, 9.17) is 32.7 Å². The number of H-pyrrole nitrogens is 1. The molecule has 5 aromatic rings. The number of hydrazone groups is 1. The molecule has 2 N–H and O–H groups in total. The minimum absolute atomic E-state index is 0.167. The third kappa shape index (κ3) is 6.15. The summed E-state index contributed by atoms with van der Waals surface area (Å²) >= 11 is 16.0. The Morgan fingerprint density at radius 2 is 1.76 bits per heavy atom. The molecule has 0 saturated heterocycles. The fraction of sp³-hybridized carbons (Fsp3) is 0.0645. The summed E-state index contributed by atoms with van der Waals surface area (Å²) in [5.74, 6) is -0.594. The number of aromatic nitrogens is 1. The Kier molecular flexibility index (Phi) is 8.44. The van der Waals surface area contributed by atoms with Gasteiger partial charge in [0.05, 0.1) is 13.3 Å². The van der Waals surface area contributed by atoms with Crippen LogP contribution in [0.15, 0.2) is 88.4 Å². The number of nitrogens with one attached hydrogen (secondary N) is 2. The molecule has 0 aliphatic heterocycles. The SMILES string of the molecule is COc1ccc(Cl)cc1C(=O)Oc1ccc(Br)cc1C=NNC(=O)c1[nH]c2ccc(C)cc2c1-c1ccccc1Cl.